The first kappa shape index (κ1) is 20.0. The lowest BCUT2D eigenvalue weighted by Gasteiger charge is -2.19. The summed E-state index contributed by atoms with van der Waals surface area (Å²) >= 11 is 0. The molecule has 9 heteroatoms. The normalized spacial score (nSPS) is 13.0. The smallest absolute Gasteiger partial charge is 0.251 e. The summed E-state index contributed by atoms with van der Waals surface area (Å²) in [6.07, 6.45) is 1.82. The van der Waals surface area contributed by atoms with E-state index < -0.39 is 16.1 Å². The minimum atomic E-state index is -3.63. The van der Waals surface area contributed by atoms with Crippen molar-refractivity contribution in [2.75, 3.05) is 13.1 Å². The lowest BCUT2D eigenvalue weighted by Crippen LogP contribution is -2.31. The Morgan fingerprint density at radius 1 is 1.14 bits per heavy atom. The lowest BCUT2D eigenvalue weighted by molar-refractivity contribution is 0.0938. The highest BCUT2D eigenvalue weighted by Crippen LogP contribution is 2.18. The highest BCUT2D eigenvalue weighted by atomic mass is 32.2. The number of benzene rings is 1. The molecule has 0 aliphatic rings. The van der Waals surface area contributed by atoms with Crippen LogP contribution in [0.1, 0.15) is 43.0 Å². The molecule has 0 fully saturated rings. The highest BCUT2D eigenvalue weighted by Gasteiger charge is 2.23. The zero-order valence-electron chi connectivity index (χ0n) is 16.0. The summed E-state index contributed by atoms with van der Waals surface area (Å²) in [6, 6.07) is 11.2. The Morgan fingerprint density at radius 3 is 2.61 bits per heavy atom. The molecule has 2 aromatic heterocycles. The van der Waals surface area contributed by atoms with Crippen molar-refractivity contribution in [3.63, 3.8) is 0 Å². The summed E-state index contributed by atoms with van der Waals surface area (Å²) in [7, 11) is -3.63. The molecule has 0 spiro atoms. The molecule has 3 aromatic rings. The number of hydrogen-bond acceptors (Lipinski definition) is 5. The van der Waals surface area contributed by atoms with Crippen molar-refractivity contribution in [3.05, 3.63) is 60.0 Å². The van der Waals surface area contributed by atoms with E-state index in [1.165, 1.54) is 16.4 Å². The van der Waals surface area contributed by atoms with Crippen LogP contribution in [0.5, 0.6) is 0 Å². The number of rotatable bonds is 7. The third-order valence-electron chi connectivity index (χ3n) is 4.51. The second-order valence-electron chi connectivity index (χ2n) is 6.30. The van der Waals surface area contributed by atoms with E-state index in [1.54, 1.807) is 37.3 Å². The third kappa shape index (κ3) is 3.76. The van der Waals surface area contributed by atoms with Crippen LogP contribution in [0.4, 0.5) is 0 Å². The van der Waals surface area contributed by atoms with Crippen LogP contribution < -0.4 is 5.32 Å². The quantitative estimate of drug-likeness (QED) is 0.655. The van der Waals surface area contributed by atoms with E-state index in [4.69, 9.17) is 0 Å². The molecular formula is C19H23N5O3S. The lowest BCUT2D eigenvalue weighted by atomic mass is 10.2. The van der Waals surface area contributed by atoms with Crippen molar-refractivity contribution in [1.29, 1.82) is 0 Å². The molecule has 1 amide bonds. The SMILES string of the molecule is CCN(CC)S(=O)(=O)c1cccc(C(=O)NC(C)c2nnc3ccccn23)c1. The second-order valence-corrected chi connectivity index (χ2v) is 8.24. The Kier molecular flexibility index (Phi) is 5.76. The number of fused-ring (bicyclic) bond motifs is 1. The zero-order valence-corrected chi connectivity index (χ0v) is 16.8. The van der Waals surface area contributed by atoms with Crippen LogP contribution in [0.3, 0.4) is 0 Å². The maximum atomic E-state index is 12.7. The number of nitrogens with zero attached hydrogens (tertiary/aromatic N) is 4. The number of hydrogen-bond donors (Lipinski definition) is 1. The average Bonchev–Trinajstić information content (AvgIpc) is 3.13. The van der Waals surface area contributed by atoms with E-state index in [9.17, 15) is 13.2 Å². The number of aromatic nitrogens is 3. The summed E-state index contributed by atoms with van der Waals surface area (Å²) in [5.74, 6) is 0.215. The molecule has 0 aliphatic carbocycles. The topological polar surface area (TPSA) is 96.7 Å². The molecule has 0 saturated carbocycles. The van der Waals surface area contributed by atoms with E-state index >= 15 is 0 Å². The zero-order chi connectivity index (χ0) is 20.3. The first-order valence-electron chi connectivity index (χ1n) is 9.09. The van der Waals surface area contributed by atoms with Crippen LogP contribution in [0.2, 0.25) is 0 Å². The van der Waals surface area contributed by atoms with E-state index in [0.717, 1.165) is 0 Å². The standard InChI is InChI=1S/C19H23N5O3S/c1-4-23(5-2)28(26,27)16-10-8-9-15(13-16)19(25)20-14(3)18-22-21-17-11-6-7-12-24(17)18/h6-14H,4-5H2,1-3H3,(H,20,25). The van der Waals surface area contributed by atoms with Gasteiger partial charge in [0, 0.05) is 24.8 Å². The van der Waals surface area contributed by atoms with Crippen LogP contribution in [0.15, 0.2) is 53.6 Å². The average molecular weight is 401 g/mol. The minimum Gasteiger partial charge on any atom is -0.342 e. The molecule has 0 saturated heterocycles. The van der Waals surface area contributed by atoms with Crippen molar-refractivity contribution in [1.82, 2.24) is 24.2 Å². The first-order valence-corrected chi connectivity index (χ1v) is 10.5. The maximum Gasteiger partial charge on any atom is 0.251 e. The number of amides is 1. The molecule has 1 atom stereocenters. The van der Waals surface area contributed by atoms with E-state index in [-0.39, 0.29) is 16.4 Å². The van der Waals surface area contributed by atoms with Crippen molar-refractivity contribution in [3.8, 4) is 0 Å². The van der Waals surface area contributed by atoms with Crippen LogP contribution in [-0.4, -0.2) is 46.3 Å². The van der Waals surface area contributed by atoms with Gasteiger partial charge in [-0.3, -0.25) is 9.20 Å². The van der Waals surface area contributed by atoms with Gasteiger partial charge in [0.2, 0.25) is 10.0 Å². The fraction of sp³-hybridized carbons (Fsp3) is 0.316. The molecule has 1 unspecified atom stereocenters. The van der Waals surface area contributed by atoms with Crippen molar-refractivity contribution >= 4 is 21.6 Å². The van der Waals surface area contributed by atoms with Gasteiger partial charge in [0.15, 0.2) is 11.5 Å². The Bertz CT molecular complexity index is 1090. The van der Waals surface area contributed by atoms with Gasteiger partial charge in [-0.1, -0.05) is 26.0 Å². The van der Waals surface area contributed by atoms with Gasteiger partial charge in [0.05, 0.1) is 10.9 Å². The Balaban J connectivity index is 1.83. The van der Waals surface area contributed by atoms with Crippen LogP contribution >= 0.6 is 0 Å². The minimum absolute atomic E-state index is 0.101. The molecule has 0 aliphatic heterocycles. The van der Waals surface area contributed by atoms with Crippen molar-refractivity contribution in [2.24, 2.45) is 0 Å². The van der Waals surface area contributed by atoms with E-state index in [2.05, 4.69) is 15.5 Å². The van der Waals surface area contributed by atoms with E-state index in [0.29, 0.717) is 24.6 Å². The van der Waals surface area contributed by atoms with Gasteiger partial charge in [-0.2, -0.15) is 4.31 Å². The number of carbonyl (C=O) groups excluding carboxylic acids is 1. The second kappa shape index (κ2) is 8.07. The summed E-state index contributed by atoms with van der Waals surface area (Å²) in [4.78, 5) is 12.8. The van der Waals surface area contributed by atoms with Gasteiger partial charge in [0.25, 0.3) is 5.91 Å². The number of sulfonamides is 1. The first-order chi connectivity index (χ1) is 13.4. The summed E-state index contributed by atoms with van der Waals surface area (Å²) in [5.41, 5.74) is 0.958. The van der Waals surface area contributed by atoms with E-state index in [1.807, 2.05) is 24.4 Å². The van der Waals surface area contributed by atoms with Crippen LogP contribution in [0, 0.1) is 0 Å². The largest absolute Gasteiger partial charge is 0.342 e. The molecule has 2 heterocycles. The maximum absolute atomic E-state index is 12.7. The third-order valence-corrected chi connectivity index (χ3v) is 6.56. The van der Waals surface area contributed by atoms with Crippen molar-refractivity contribution in [2.45, 2.75) is 31.7 Å². The molecule has 1 N–H and O–H groups in total. The van der Waals surface area contributed by atoms with Gasteiger partial charge in [-0.25, -0.2) is 8.42 Å². The molecular weight excluding hydrogens is 378 g/mol. The molecule has 1 aromatic carbocycles. The molecule has 8 nitrogen and oxygen atoms in total. The Hall–Kier alpha value is -2.78. The monoisotopic (exact) mass is 401 g/mol. The molecule has 3 rings (SSSR count). The fourth-order valence-electron chi connectivity index (χ4n) is 3.01. The highest BCUT2D eigenvalue weighted by molar-refractivity contribution is 7.89. The Labute approximate surface area is 164 Å². The van der Waals surface area contributed by atoms with Gasteiger partial charge in [0.1, 0.15) is 0 Å². The summed E-state index contributed by atoms with van der Waals surface area (Å²) in [5, 5.41) is 11.1. The van der Waals surface area contributed by atoms with Gasteiger partial charge < -0.3 is 5.32 Å². The fourth-order valence-corrected chi connectivity index (χ4v) is 4.51. The van der Waals surface area contributed by atoms with Crippen molar-refractivity contribution < 1.29 is 13.2 Å². The summed E-state index contributed by atoms with van der Waals surface area (Å²) in [6.45, 7) is 6.10. The van der Waals surface area contributed by atoms with Gasteiger partial charge in [-0.15, -0.1) is 10.2 Å². The molecule has 0 bridgehead atoms. The predicted octanol–water partition coefficient (Wildman–Crippen LogP) is 2.25. The molecule has 0 radical (unpaired) electrons. The van der Waals surface area contributed by atoms with Gasteiger partial charge in [-0.05, 0) is 37.3 Å². The molecule has 148 valence electrons. The van der Waals surface area contributed by atoms with Crippen LogP contribution in [-0.2, 0) is 10.0 Å². The molecule has 28 heavy (non-hydrogen) atoms. The number of nitrogens with one attached hydrogen (secondary N) is 1. The number of pyridine rings is 1. The number of carbonyl (C=O) groups is 1. The van der Waals surface area contributed by atoms with Gasteiger partial charge >= 0.3 is 0 Å². The predicted molar refractivity (Wildman–Crippen MR) is 105 cm³/mol. The Morgan fingerprint density at radius 2 is 1.89 bits per heavy atom. The summed E-state index contributed by atoms with van der Waals surface area (Å²) < 4.78 is 28.5. The van der Waals surface area contributed by atoms with Crippen LogP contribution in [0.25, 0.3) is 5.65 Å².